The second kappa shape index (κ2) is 14.9. The van der Waals surface area contributed by atoms with Gasteiger partial charge in [-0.25, -0.2) is 0 Å². The van der Waals surface area contributed by atoms with E-state index in [1.165, 1.54) is 12.8 Å². The van der Waals surface area contributed by atoms with Crippen LogP contribution in [0.3, 0.4) is 0 Å². The van der Waals surface area contributed by atoms with Gasteiger partial charge >= 0.3 is 0 Å². The van der Waals surface area contributed by atoms with Crippen LogP contribution in [0.2, 0.25) is 0 Å². The molecule has 0 radical (unpaired) electrons. The molecule has 0 saturated carbocycles. The topological polar surface area (TPSA) is 35.6 Å². The Hall–Kier alpha value is -0.0300. The first-order valence-corrected chi connectivity index (χ1v) is 7.98. The van der Waals surface area contributed by atoms with Gasteiger partial charge in [-0.2, -0.15) is 0 Å². The van der Waals surface area contributed by atoms with Gasteiger partial charge in [0.25, 0.3) is 0 Å². The van der Waals surface area contributed by atoms with Crippen molar-refractivity contribution in [1.82, 2.24) is 15.1 Å². The molecule has 1 fully saturated rings. The summed E-state index contributed by atoms with van der Waals surface area (Å²) in [4.78, 5) is 16.6. The molecule has 0 aromatic heterocycles. The highest BCUT2D eigenvalue weighted by molar-refractivity contribution is 5.85. The zero-order chi connectivity index (χ0) is 13.9. The maximum absolute atomic E-state index is 12.1. The van der Waals surface area contributed by atoms with Crippen LogP contribution >= 0.6 is 24.8 Å². The number of carbonyl (C=O) groups is 1. The molecular weight excluding hydrogens is 309 g/mol. The first kappa shape index (κ1) is 23.2. The summed E-state index contributed by atoms with van der Waals surface area (Å²) in [6, 6.07) is 0. The average Bonchev–Trinajstić information content (AvgIpc) is 2.68. The highest BCUT2D eigenvalue weighted by Gasteiger charge is 2.15. The normalized spacial score (nSPS) is 15.1. The molecule has 128 valence electrons. The predicted molar refractivity (Wildman–Crippen MR) is 94.8 cm³/mol. The van der Waals surface area contributed by atoms with Gasteiger partial charge in [-0.15, -0.1) is 24.8 Å². The van der Waals surface area contributed by atoms with Crippen molar-refractivity contribution in [3.63, 3.8) is 0 Å². The highest BCUT2D eigenvalue weighted by Crippen LogP contribution is 2.04. The summed E-state index contributed by atoms with van der Waals surface area (Å²) >= 11 is 0. The van der Waals surface area contributed by atoms with Gasteiger partial charge in [0.15, 0.2) is 0 Å². The van der Waals surface area contributed by atoms with Gasteiger partial charge in [0.05, 0.1) is 0 Å². The lowest BCUT2D eigenvalue weighted by molar-refractivity contribution is -0.131. The Morgan fingerprint density at radius 1 is 1.05 bits per heavy atom. The smallest absolute Gasteiger partial charge is 0.222 e. The molecule has 0 spiro atoms. The number of nitrogens with one attached hydrogen (secondary N) is 1. The molecule has 1 N–H and O–H groups in total. The minimum atomic E-state index is 0. The molecule has 1 rings (SSSR count). The van der Waals surface area contributed by atoms with E-state index >= 15 is 0 Å². The van der Waals surface area contributed by atoms with E-state index in [1.54, 1.807) is 0 Å². The SMILES string of the molecule is CCCN(CCC)CCCC(=O)N1CCCNCC1.Cl.Cl. The number of hydrogen-bond donors (Lipinski definition) is 1. The molecule has 1 heterocycles. The van der Waals surface area contributed by atoms with Gasteiger partial charge in [0, 0.05) is 26.1 Å². The summed E-state index contributed by atoms with van der Waals surface area (Å²) in [7, 11) is 0. The Bertz CT molecular complexity index is 241. The molecule has 0 aromatic rings. The largest absolute Gasteiger partial charge is 0.341 e. The van der Waals surface area contributed by atoms with Crippen molar-refractivity contribution in [3.05, 3.63) is 0 Å². The van der Waals surface area contributed by atoms with E-state index in [9.17, 15) is 4.79 Å². The second-order valence-electron chi connectivity index (χ2n) is 5.43. The van der Waals surface area contributed by atoms with E-state index in [1.807, 2.05) is 4.90 Å². The number of carbonyl (C=O) groups excluding carboxylic acids is 1. The molecule has 6 heteroatoms. The molecule has 0 bridgehead atoms. The van der Waals surface area contributed by atoms with Gasteiger partial charge in [-0.05, 0) is 51.9 Å². The lowest BCUT2D eigenvalue weighted by atomic mass is 10.2. The molecule has 1 aliphatic heterocycles. The summed E-state index contributed by atoms with van der Waals surface area (Å²) in [5.41, 5.74) is 0. The third-order valence-corrected chi connectivity index (χ3v) is 3.64. The number of amides is 1. The molecular formula is C15H33Cl2N3O. The van der Waals surface area contributed by atoms with E-state index in [4.69, 9.17) is 0 Å². The van der Waals surface area contributed by atoms with Crippen LogP contribution in [0, 0.1) is 0 Å². The average molecular weight is 342 g/mol. The third-order valence-electron chi connectivity index (χ3n) is 3.64. The van der Waals surface area contributed by atoms with Crippen LogP contribution < -0.4 is 5.32 Å². The molecule has 0 aliphatic carbocycles. The summed E-state index contributed by atoms with van der Waals surface area (Å²) in [5.74, 6) is 0.344. The zero-order valence-electron chi connectivity index (χ0n) is 13.6. The summed E-state index contributed by atoms with van der Waals surface area (Å²) < 4.78 is 0. The summed E-state index contributed by atoms with van der Waals surface area (Å²) in [6.07, 6.45) is 5.20. The van der Waals surface area contributed by atoms with Crippen LogP contribution in [-0.2, 0) is 4.79 Å². The molecule has 0 unspecified atom stereocenters. The fourth-order valence-corrected chi connectivity index (χ4v) is 2.68. The van der Waals surface area contributed by atoms with Gasteiger partial charge in [-0.3, -0.25) is 4.79 Å². The molecule has 21 heavy (non-hydrogen) atoms. The number of rotatable bonds is 8. The van der Waals surface area contributed by atoms with Crippen LogP contribution in [0.1, 0.15) is 46.0 Å². The van der Waals surface area contributed by atoms with Crippen molar-refractivity contribution in [2.75, 3.05) is 45.8 Å². The monoisotopic (exact) mass is 341 g/mol. The predicted octanol–water partition coefficient (Wildman–Crippen LogP) is 2.55. The standard InChI is InChI=1S/C15H31N3O.2ClH/c1-3-10-17(11-4-2)12-5-7-15(19)18-13-6-8-16-9-14-18;;/h16H,3-14H2,1-2H3;2*1H. The fourth-order valence-electron chi connectivity index (χ4n) is 2.68. The summed E-state index contributed by atoms with van der Waals surface area (Å²) in [6.45, 7) is 11.6. The van der Waals surface area contributed by atoms with E-state index in [0.29, 0.717) is 12.3 Å². The Labute approximate surface area is 142 Å². The first-order chi connectivity index (χ1) is 9.27. The highest BCUT2D eigenvalue weighted by atomic mass is 35.5. The molecule has 4 nitrogen and oxygen atoms in total. The van der Waals surface area contributed by atoms with E-state index in [0.717, 1.165) is 58.7 Å². The number of halogens is 2. The van der Waals surface area contributed by atoms with E-state index in [-0.39, 0.29) is 24.8 Å². The maximum Gasteiger partial charge on any atom is 0.222 e. The van der Waals surface area contributed by atoms with Gasteiger partial charge < -0.3 is 15.1 Å². The number of nitrogens with zero attached hydrogens (tertiary/aromatic N) is 2. The minimum Gasteiger partial charge on any atom is -0.341 e. The second-order valence-corrected chi connectivity index (χ2v) is 5.43. The van der Waals surface area contributed by atoms with Crippen molar-refractivity contribution < 1.29 is 4.79 Å². The zero-order valence-corrected chi connectivity index (χ0v) is 15.2. The third kappa shape index (κ3) is 10.3. The Morgan fingerprint density at radius 3 is 2.33 bits per heavy atom. The van der Waals surface area contributed by atoms with Gasteiger partial charge in [0.1, 0.15) is 0 Å². The van der Waals surface area contributed by atoms with Gasteiger partial charge in [-0.1, -0.05) is 13.8 Å². The Balaban J connectivity index is 0. The van der Waals surface area contributed by atoms with E-state index < -0.39 is 0 Å². The molecule has 1 amide bonds. The van der Waals surface area contributed by atoms with Crippen LogP contribution in [0.5, 0.6) is 0 Å². The molecule has 0 aromatic carbocycles. The van der Waals surface area contributed by atoms with Crippen molar-refractivity contribution in [1.29, 1.82) is 0 Å². The molecule has 1 saturated heterocycles. The fraction of sp³-hybridized carbons (Fsp3) is 0.933. The lowest BCUT2D eigenvalue weighted by Gasteiger charge is -2.23. The van der Waals surface area contributed by atoms with Crippen LogP contribution in [-0.4, -0.2) is 61.5 Å². The van der Waals surface area contributed by atoms with Crippen LogP contribution in [0.15, 0.2) is 0 Å². The van der Waals surface area contributed by atoms with Crippen LogP contribution in [0.4, 0.5) is 0 Å². The Kier molecular flexibility index (Phi) is 16.5. The van der Waals surface area contributed by atoms with Crippen molar-refractivity contribution in [3.8, 4) is 0 Å². The quantitative estimate of drug-likeness (QED) is 0.736. The minimum absolute atomic E-state index is 0. The summed E-state index contributed by atoms with van der Waals surface area (Å²) in [5, 5.41) is 3.34. The lowest BCUT2D eigenvalue weighted by Crippen LogP contribution is -2.35. The Morgan fingerprint density at radius 2 is 1.71 bits per heavy atom. The maximum atomic E-state index is 12.1. The van der Waals surface area contributed by atoms with Crippen molar-refractivity contribution >= 4 is 30.7 Å². The number of hydrogen-bond acceptors (Lipinski definition) is 3. The first-order valence-electron chi connectivity index (χ1n) is 7.98. The van der Waals surface area contributed by atoms with Gasteiger partial charge in [0.2, 0.25) is 5.91 Å². The van der Waals surface area contributed by atoms with E-state index in [2.05, 4.69) is 24.1 Å². The van der Waals surface area contributed by atoms with Crippen LogP contribution in [0.25, 0.3) is 0 Å². The molecule has 0 atom stereocenters. The van der Waals surface area contributed by atoms with Crippen molar-refractivity contribution in [2.24, 2.45) is 0 Å². The van der Waals surface area contributed by atoms with Crippen molar-refractivity contribution in [2.45, 2.75) is 46.0 Å². The molecule has 1 aliphatic rings.